The summed E-state index contributed by atoms with van der Waals surface area (Å²) in [6, 6.07) is 9.36. The lowest BCUT2D eigenvalue weighted by molar-refractivity contribution is 0.271. The molecule has 3 rings (SSSR count). The number of halogens is 1. The van der Waals surface area contributed by atoms with Crippen LogP contribution < -0.4 is 5.32 Å². The lowest BCUT2D eigenvalue weighted by Crippen LogP contribution is -2.48. The van der Waals surface area contributed by atoms with E-state index in [4.69, 9.17) is 0 Å². The molecule has 2 heterocycles. The fraction of sp³-hybridized carbons (Fsp3) is 0.353. The molecule has 7 nitrogen and oxygen atoms in total. The molecule has 1 aliphatic heterocycles. The van der Waals surface area contributed by atoms with Crippen molar-refractivity contribution in [3.8, 4) is 0 Å². The van der Waals surface area contributed by atoms with Crippen molar-refractivity contribution in [3.63, 3.8) is 0 Å². The van der Waals surface area contributed by atoms with Gasteiger partial charge in [0.15, 0.2) is 9.84 Å². The summed E-state index contributed by atoms with van der Waals surface area (Å²) in [7, 11) is -6.87. The molecular formula is C17H22ClN3O4S2. The topological polar surface area (TPSA) is 96.4 Å². The van der Waals surface area contributed by atoms with Crippen molar-refractivity contribution < 1.29 is 16.8 Å². The van der Waals surface area contributed by atoms with Crippen molar-refractivity contribution in [2.24, 2.45) is 0 Å². The van der Waals surface area contributed by atoms with Gasteiger partial charge >= 0.3 is 0 Å². The van der Waals surface area contributed by atoms with Crippen molar-refractivity contribution in [3.05, 3.63) is 59.9 Å². The summed E-state index contributed by atoms with van der Waals surface area (Å²) < 4.78 is 50.5. The minimum atomic E-state index is -3.70. The fourth-order valence-corrected chi connectivity index (χ4v) is 5.44. The van der Waals surface area contributed by atoms with Crippen LogP contribution in [0.5, 0.6) is 0 Å². The van der Waals surface area contributed by atoms with Crippen LogP contribution in [0.25, 0.3) is 0 Å². The number of hydrogen-bond donors (Lipinski definition) is 1. The summed E-state index contributed by atoms with van der Waals surface area (Å²) in [6.45, 7) is 1.44. The fourth-order valence-electron chi connectivity index (χ4n) is 3.03. The highest BCUT2D eigenvalue weighted by Gasteiger charge is 2.34. The first kappa shape index (κ1) is 21.8. The second-order valence-electron chi connectivity index (χ2n) is 6.34. The zero-order valence-electron chi connectivity index (χ0n) is 14.8. The van der Waals surface area contributed by atoms with Gasteiger partial charge in [0.1, 0.15) is 0 Å². The van der Waals surface area contributed by atoms with Crippen molar-refractivity contribution in [1.29, 1.82) is 0 Å². The number of nitrogens with zero attached hydrogens (tertiary/aromatic N) is 2. The minimum absolute atomic E-state index is 0. The Bertz CT molecular complexity index is 965. The molecule has 1 unspecified atom stereocenters. The first-order valence-electron chi connectivity index (χ1n) is 8.16. The van der Waals surface area contributed by atoms with Gasteiger partial charge in [-0.3, -0.25) is 4.98 Å². The van der Waals surface area contributed by atoms with Gasteiger partial charge in [-0.05, 0) is 29.3 Å². The van der Waals surface area contributed by atoms with Gasteiger partial charge in [-0.2, -0.15) is 4.31 Å². The summed E-state index contributed by atoms with van der Waals surface area (Å²) in [4.78, 5) is 4.25. The molecule has 1 saturated heterocycles. The van der Waals surface area contributed by atoms with Crippen LogP contribution in [0.3, 0.4) is 0 Å². The molecule has 0 radical (unpaired) electrons. The standard InChI is InChI=1S/C17H21N3O4S2.ClH/c1-25(21,22)13-14-4-6-16(7-5-14)26(23,24)20-10-9-19-12-17(20)15-3-2-8-18-11-15;/h2-8,11,17,19H,9-10,12-13H2,1H3;1H. The Morgan fingerprint density at radius 1 is 1.15 bits per heavy atom. The summed E-state index contributed by atoms with van der Waals surface area (Å²) >= 11 is 0. The van der Waals surface area contributed by atoms with Crippen LogP contribution in [0.15, 0.2) is 53.7 Å². The van der Waals surface area contributed by atoms with Crippen molar-refractivity contribution in [2.45, 2.75) is 16.7 Å². The monoisotopic (exact) mass is 431 g/mol. The summed E-state index contributed by atoms with van der Waals surface area (Å²) in [5.74, 6) is -0.112. The first-order chi connectivity index (χ1) is 12.3. The molecule has 1 aromatic carbocycles. The van der Waals surface area contributed by atoms with Gasteiger partial charge in [-0.15, -0.1) is 12.4 Å². The molecule has 1 fully saturated rings. The van der Waals surface area contributed by atoms with E-state index in [1.165, 1.54) is 16.4 Å². The highest BCUT2D eigenvalue weighted by molar-refractivity contribution is 7.90. The van der Waals surface area contributed by atoms with E-state index >= 15 is 0 Å². The Kier molecular flexibility index (Phi) is 6.98. The number of sulfone groups is 1. The van der Waals surface area contributed by atoms with Gasteiger partial charge in [-0.25, -0.2) is 16.8 Å². The molecule has 0 spiro atoms. The van der Waals surface area contributed by atoms with Gasteiger partial charge in [0, 0.05) is 38.3 Å². The zero-order valence-corrected chi connectivity index (χ0v) is 17.2. The van der Waals surface area contributed by atoms with E-state index in [0.29, 0.717) is 25.2 Å². The van der Waals surface area contributed by atoms with Gasteiger partial charge in [-0.1, -0.05) is 18.2 Å². The van der Waals surface area contributed by atoms with Crippen LogP contribution in [0.2, 0.25) is 0 Å². The van der Waals surface area contributed by atoms with E-state index in [9.17, 15) is 16.8 Å². The highest BCUT2D eigenvalue weighted by atomic mass is 35.5. The van der Waals surface area contributed by atoms with E-state index in [0.717, 1.165) is 11.8 Å². The smallest absolute Gasteiger partial charge is 0.243 e. The van der Waals surface area contributed by atoms with Crippen LogP contribution in [-0.2, 0) is 25.6 Å². The van der Waals surface area contributed by atoms with Gasteiger partial charge < -0.3 is 5.32 Å². The SMILES string of the molecule is CS(=O)(=O)Cc1ccc(S(=O)(=O)N2CCNCC2c2cccnc2)cc1.Cl. The molecule has 0 saturated carbocycles. The normalized spacial score (nSPS) is 18.6. The molecular weight excluding hydrogens is 410 g/mol. The lowest BCUT2D eigenvalue weighted by Gasteiger charge is -2.35. The molecule has 1 N–H and O–H groups in total. The number of nitrogens with one attached hydrogen (secondary N) is 1. The molecule has 10 heteroatoms. The first-order valence-corrected chi connectivity index (χ1v) is 11.7. The van der Waals surface area contributed by atoms with Crippen LogP contribution in [0.4, 0.5) is 0 Å². The molecule has 0 bridgehead atoms. The predicted molar refractivity (Wildman–Crippen MR) is 106 cm³/mol. The van der Waals surface area contributed by atoms with Crippen molar-refractivity contribution >= 4 is 32.3 Å². The van der Waals surface area contributed by atoms with E-state index in [1.54, 1.807) is 30.6 Å². The number of hydrogen-bond acceptors (Lipinski definition) is 6. The maximum Gasteiger partial charge on any atom is 0.243 e. The predicted octanol–water partition coefficient (Wildman–Crippen LogP) is 1.38. The quantitative estimate of drug-likeness (QED) is 0.768. The number of piperazine rings is 1. The summed E-state index contributed by atoms with van der Waals surface area (Å²) in [5.41, 5.74) is 1.40. The van der Waals surface area contributed by atoms with E-state index in [1.807, 2.05) is 6.07 Å². The van der Waals surface area contributed by atoms with Crippen LogP contribution in [0.1, 0.15) is 17.2 Å². The number of pyridine rings is 1. The lowest BCUT2D eigenvalue weighted by atomic mass is 10.1. The molecule has 1 aliphatic rings. The average molecular weight is 432 g/mol. The molecule has 1 atom stereocenters. The Balaban J connectivity index is 0.00000261. The summed E-state index contributed by atoms with van der Waals surface area (Å²) in [6.07, 6.45) is 4.48. The third kappa shape index (κ3) is 5.26. The largest absolute Gasteiger partial charge is 0.313 e. The summed E-state index contributed by atoms with van der Waals surface area (Å²) in [5, 5.41) is 3.22. The molecule has 148 valence electrons. The molecule has 27 heavy (non-hydrogen) atoms. The Morgan fingerprint density at radius 2 is 1.85 bits per heavy atom. The van der Waals surface area contributed by atoms with Crippen molar-refractivity contribution in [1.82, 2.24) is 14.6 Å². The number of rotatable bonds is 5. The minimum Gasteiger partial charge on any atom is -0.313 e. The molecule has 0 amide bonds. The van der Waals surface area contributed by atoms with Crippen LogP contribution in [0, 0.1) is 0 Å². The van der Waals surface area contributed by atoms with E-state index in [2.05, 4.69) is 10.3 Å². The number of sulfonamides is 1. The zero-order chi connectivity index (χ0) is 18.8. The van der Waals surface area contributed by atoms with Gasteiger partial charge in [0.25, 0.3) is 0 Å². The number of aromatic nitrogens is 1. The van der Waals surface area contributed by atoms with E-state index < -0.39 is 19.9 Å². The van der Waals surface area contributed by atoms with Crippen LogP contribution in [-0.4, -0.2) is 52.0 Å². The Morgan fingerprint density at radius 3 is 2.44 bits per heavy atom. The van der Waals surface area contributed by atoms with Gasteiger partial charge in [0.2, 0.25) is 10.0 Å². The second-order valence-corrected chi connectivity index (χ2v) is 10.4. The number of benzene rings is 1. The molecule has 0 aliphatic carbocycles. The molecule has 2 aromatic rings. The maximum absolute atomic E-state index is 13.1. The second kappa shape index (κ2) is 8.66. The van der Waals surface area contributed by atoms with Crippen LogP contribution >= 0.6 is 12.4 Å². The van der Waals surface area contributed by atoms with Gasteiger partial charge in [0.05, 0.1) is 16.7 Å². The van der Waals surface area contributed by atoms with E-state index in [-0.39, 0.29) is 29.1 Å². The Labute approximate surface area is 166 Å². The molecule has 1 aromatic heterocycles. The average Bonchev–Trinajstić information content (AvgIpc) is 2.61. The van der Waals surface area contributed by atoms with Crippen molar-refractivity contribution in [2.75, 3.05) is 25.9 Å². The Hall–Kier alpha value is -1.52. The highest BCUT2D eigenvalue weighted by Crippen LogP contribution is 2.28. The third-order valence-corrected chi connectivity index (χ3v) is 7.00. The maximum atomic E-state index is 13.1. The third-order valence-electron chi connectivity index (χ3n) is 4.22.